The molecule has 0 aliphatic carbocycles. The Morgan fingerprint density at radius 2 is 1.92 bits per heavy atom. The van der Waals surface area contributed by atoms with Crippen LogP contribution in [0.3, 0.4) is 0 Å². The van der Waals surface area contributed by atoms with Gasteiger partial charge in [0.1, 0.15) is 18.2 Å². The molecule has 0 radical (unpaired) electrons. The molecule has 26 heavy (non-hydrogen) atoms. The summed E-state index contributed by atoms with van der Waals surface area (Å²) in [6.45, 7) is 14.0. The van der Waals surface area contributed by atoms with Crippen molar-refractivity contribution in [2.75, 3.05) is 0 Å². The van der Waals surface area contributed by atoms with Crippen molar-refractivity contribution in [1.29, 1.82) is 0 Å². The predicted octanol–water partition coefficient (Wildman–Crippen LogP) is 6.06. The van der Waals surface area contributed by atoms with Crippen LogP contribution >= 0.6 is 0 Å². The van der Waals surface area contributed by atoms with E-state index >= 15 is 0 Å². The molecule has 0 bridgehead atoms. The summed E-state index contributed by atoms with van der Waals surface area (Å²) >= 11 is 0. The lowest BCUT2D eigenvalue weighted by atomic mass is 9.95. The highest BCUT2D eigenvalue weighted by molar-refractivity contribution is 6.15. The molecule has 0 atom stereocenters. The molecule has 0 saturated carbocycles. The van der Waals surface area contributed by atoms with Gasteiger partial charge >= 0.3 is 0 Å². The average Bonchev–Trinajstić information content (AvgIpc) is 3.00. The van der Waals surface area contributed by atoms with E-state index in [1.807, 2.05) is 18.2 Å². The Labute approximate surface area is 153 Å². The first-order valence-corrected chi connectivity index (χ1v) is 8.83. The van der Waals surface area contributed by atoms with E-state index in [1.165, 1.54) is 11.1 Å². The van der Waals surface area contributed by atoms with Crippen LogP contribution in [0.1, 0.15) is 30.9 Å². The second kappa shape index (κ2) is 6.00. The molecular formula is C23H21N2O+. The van der Waals surface area contributed by atoms with E-state index in [2.05, 4.69) is 67.7 Å². The Morgan fingerprint density at radius 1 is 1.12 bits per heavy atom. The highest BCUT2D eigenvalue weighted by Gasteiger charge is 2.22. The standard InChI is InChI=1S/C23H21N2O/c1-14(2)16-12-17-22-20(26-23(17)18(13-16)24-4)10-9-15(3)21(22)19-8-6-7-11-25(19)5/h6-14H,1-3,5H3/q+1. The number of rotatable bonds is 2. The van der Waals surface area contributed by atoms with E-state index in [9.17, 15) is 0 Å². The fourth-order valence-corrected chi connectivity index (χ4v) is 3.61. The van der Waals surface area contributed by atoms with E-state index in [0.717, 1.165) is 27.6 Å². The first kappa shape index (κ1) is 16.4. The summed E-state index contributed by atoms with van der Waals surface area (Å²) in [7, 11) is 2.06. The molecule has 128 valence electrons. The fraction of sp³-hybridized carbons (Fsp3) is 0.217. The van der Waals surface area contributed by atoms with E-state index in [1.54, 1.807) is 0 Å². The van der Waals surface area contributed by atoms with Crippen LogP contribution in [0.2, 0.25) is 0 Å². The maximum Gasteiger partial charge on any atom is 0.229 e. The largest absolute Gasteiger partial charge is 0.467 e. The highest BCUT2D eigenvalue weighted by atomic mass is 16.3. The maximum absolute atomic E-state index is 7.59. The number of pyridine rings is 1. The number of fused-ring (bicyclic) bond motifs is 3. The highest BCUT2D eigenvalue weighted by Crippen LogP contribution is 2.42. The molecule has 0 unspecified atom stereocenters. The summed E-state index contributed by atoms with van der Waals surface area (Å²) in [6.07, 6.45) is 2.06. The molecule has 0 amide bonds. The van der Waals surface area contributed by atoms with Crippen LogP contribution in [0, 0.1) is 13.5 Å². The maximum atomic E-state index is 7.59. The second-order valence-electron chi connectivity index (χ2n) is 7.11. The van der Waals surface area contributed by atoms with Gasteiger partial charge in [0, 0.05) is 22.9 Å². The van der Waals surface area contributed by atoms with Crippen molar-refractivity contribution in [3.05, 3.63) is 71.2 Å². The second-order valence-corrected chi connectivity index (χ2v) is 7.11. The van der Waals surface area contributed by atoms with E-state index in [0.29, 0.717) is 17.2 Å². The first-order chi connectivity index (χ1) is 12.5. The molecule has 2 aromatic carbocycles. The molecule has 3 heteroatoms. The number of aromatic nitrogens is 1. The number of furan rings is 1. The van der Waals surface area contributed by atoms with Crippen molar-refractivity contribution in [2.45, 2.75) is 26.7 Å². The predicted molar refractivity (Wildman–Crippen MR) is 105 cm³/mol. The van der Waals surface area contributed by atoms with Crippen molar-refractivity contribution >= 4 is 27.6 Å². The lowest BCUT2D eigenvalue weighted by molar-refractivity contribution is -0.660. The van der Waals surface area contributed by atoms with Gasteiger partial charge in [-0.15, -0.1) is 0 Å². The number of benzene rings is 2. The zero-order chi connectivity index (χ0) is 18.4. The Kier molecular flexibility index (Phi) is 3.77. The van der Waals surface area contributed by atoms with Crippen LogP contribution in [-0.2, 0) is 7.05 Å². The van der Waals surface area contributed by atoms with Gasteiger partial charge in [0.25, 0.3) is 0 Å². The summed E-state index contributed by atoms with van der Waals surface area (Å²) in [6, 6.07) is 14.5. The minimum Gasteiger partial charge on any atom is -0.467 e. The SMILES string of the molecule is [C-]#[N+]c1cc(C(C)C)cc2c1oc1ccc(C)c(-c3cccc[n+]3C)c12. The molecular weight excluding hydrogens is 320 g/mol. The molecule has 0 spiro atoms. The Balaban J connectivity index is 2.22. The zero-order valence-corrected chi connectivity index (χ0v) is 15.5. The minimum atomic E-state index is 0.353. The van der Waals surface area contributed by atoms with Crippen LogP contribution in [0.15, 0.2) is 53.1 Å². The Morgan fingerprint density at radius 3 is 2.62 bits per heavy atom. The van der Waals surface area contributed by atoms with Gasteiger partial charge in [-0.05, 0) is 42.7 Å². The van der Waals surface area contributed by atoms with Crippen molar-refractivity contribution < 1.29 is 8.98 Å². The van der Waals surface area contributed by atoms with Gasteiger partial charge < -0.3 is 4.42 Å². The van der Waals surface area contributed by atoms with Gasteiger partial charge in [-0.25, -0.2) is 9.41 Å². The summed E-state index contributed by atoms with van der Waals surface area (Å²) in [5.74, 6) is 0.353. The Hall–Kier alpha value is -3.12. The average molecular weight is 341 g/mol. The van der Waals surface area contributed by atoms with Crippen LogP contribution in [0.5, 0.6) is 0 Å². The molecule has 2 aromatic heterocycles. The fourth-order valence-electron chi connectivity index (χ4n) is 3.61. The van der Waals surface area contributed by atoms with E-state index in [-0.39, 0.29) is 0 Å². The number of aryl methyl sites for hydroxylation is 2. The third-order valence-electron chi connectivity index (χ3n) is 5.05. The third-order valence-corrected chi connectivity index (χ3v) is 5.05. The lowest BCUT2D eigenvalue weighted by Crippen LogP contribution is -2.30. The number of hydrogen-bond donors (Lipinski definition) is 0. The van der Waals surface area contributed by atoms with Gasteiger partial charge in [-0.2, -0.15) is 0 Å². The topological polar surface area (TPSA) is 21.4 Å². The minimum absolute atomic E-state index is 0.353. The summed E-state index contributed by atoms with van der Waals surface area (Å²) in [5.41, 5.74) is 6.76. The molecule has 2 heterocycles. The summed E-state index contributed by atoms with van der Waals surface area (Å²) < 4.78 is 8.27. The molecule has 0 aliphatic rings. The third kappa shape index (κ3) is 2.38. The summed E-state index contributed by atoms with van der Waals surface area (Å²) in [4.78, 5) is 3.73. The molecule has 0 saturated heterocycles. The van der Waals surface area contributed by atoms with Crippen LogP contribution in [-0.4, -0.2) is 0 Å². The molecule has 4 rings (SSSR count). The van der Waals surface area contributed by atoms with Crippen LogP contribution in [0.4, 0.5) is 5.69 Å². The van der Waals surface area contributed by atoms with Gasteiger partial charge in [0.05, 0.1) is 12.1 Å². The zero-order valence-electron chi connectivity index (χ0n) is 15.5. The smallest absolute Gasteiger partial charge is 0.229 e. The number of hydrogen-bond acceptors (Lipinski definition) is 1. The molecule has 0 N–H and O–H groups in total. The molecule has 4 aromatic rings. The monoisotopic (exact) mass is 341 g/mol. The molecule has 0 aliphatic heterocycles. The van der Waals surface area contributed by atoms with Crippen molar-refractivity contribution in [1.82, 2.24) is 0 Å². The van der Waals surface area contributed by atoms with E-state index in [4.69, 9.17) is 11.0 Å². The van der Waals surface area contributed by atoms with Crippen molar-refractivity contribution in [2.24, 2.45) is 7.05 Å². The van der Waals surface area contributed by atoms with E-state index < -0.39 is 0 Å². The normalized spacial score (nSPS) is 11.4. The first-order valence-electron chi connectivity index (χ1n) is 8.83. The quantitative estimate of drug-likeness (QED) is 0.321. The van der Waals surface area contributed by atoms with Crippen LogP contribution < -0.4 is 4.57 Å². The van der Waals surface area contributed by atoms with Gasteiger partial charge in [-0.1, -0.05) is 25.5 Å². The van der Waals surface area contributed by atoms with Crippen molar-refractivity contribution in [3.63, 3.8) is 0 Å². The molecule has 3 nitrogen and oxygen atoms in total. The van der Waals surface area contributed by atoms with Gasteiger partial charge in [0.2, 0.25) is 11.4 Å². The summed E-state index contributed by atoms with van der Waals surface area (Å²) in [5, 5.41) is 2.12. The molecule has 0 fully saturated rings. The van der Waals surface area contributed by atoms with Crippen molar-refractivity contribution in [3.8, 4) is 11.3 Å². The Bertz CT molecular complexity index is 1190. The number of nitrogens with zero attached hydrogens (tertiary/aromatic N) is 2. The van der Waals surface area contributed by atoms with Gasteiger partial charge in [0.15, 0.2) is 6.20 Å². The lowest BCUT2D eigenvalue weighted by Gasteiger charge is -2.08. The van der Waals surface area contributed by atoms with Crippen LogP contribution in [0.25, 0.3) is 38.0 Å². The van der Waals surface area contributed by atoms with Gasteiger partial charge in [-0.3, -0.25) is 0 Å².